The SMILES string of the molecule is CCN(CC[N+](C)(C)Cc1cccc(C)c1)c1cc(C=C2Sc3ccccc3N2C)c2ccccc2[n+]1-c1ccccc1. The van der Waals surface area contributed by atoms with Crippen molar-refractivity contribution in [2.75, 3.05) is 50.6 Å². The van der Waals surface area contributed by atoms with Crippen LogP contribution in [-0.2, 0) is 6.54 Å². The number of hydrogen-bond acceptors (Lipinski definition) is 3. The molecule has 0 radical (unpaired) electrons. The Kier molecular flexibility index (Phi) is 8.29. The van der Waals surface area contributed by atoms with Crippen LogP contribution in [0.4, 0.5) is 11.5 Å². The molecule has 6 rings (SSSR count). The maximum absolute atomic E-state index is 2.55. The molecule has 0 atom stereocenters. The van der Waals surface area contributed by atoms with Crippen molar-refractivity contribution in [1.82, 2.24) is 0 Å². The maximum atomic E-state index is 2.55. The molecule has 0 bridgehead atoms. The Bertz CT molecular complexity index is 1780. The summed E-state index contributed by atoms with van der Waals surface area (Å²) in [6.45, 7) is 8.38. The van der Waals surface area contributed by atoms with Gasteiger partial charge in [-0.3, -0.25) is 4.90 Å². The predicted octanol–water partition coefficient (Wildman–Crippen LogP) is 8.07. The molecule has 0 unspecified atom stereocenters. The largest absolute Gasteiger partial charge is 0.338 e. The molecule has 2 heterocycles. The normalized spacial score (nSPS) is 14.0. The predicted molar refractivity (Wildman–Crippen MR) is 184 cm³/mol. The van der Waals surface area contributed by atoms with Gasteiger partial charge in [0, 0.05) is 29.0 Å². The van der Waals surface area contributed by atoms with Gasteiger partial charge in [-0.1, -0.05) is 90.1 Å². The molecule has 218 valence electrons. The molecule has 4 nitrogen and oxygen atoms in total. The Morgan fingerprint density at radius 2 is 1.60 bits per heavy atom. The molecular weight excluding hydrogens is 545 g/mol. The lowest BCUT2D eigenvalue weighted by molar-refractivity contribution is -0.902. The second-order valence-corrected chi connectivity index (χ2v) is 13.2. The summed E-state index contributed by atoms with van der Waals surface area (Å²) in [5.74, 6) is 1.22. The minimum absolute atomic E-state index is 0.922. The quantitative estimate of drug-likeness (QED) is 0.128. The number of fused-ring (bicyclic) bond motifs is 2. The maximum Gasteiger partial charge on any atom is 0.283 e. The van der Waals surface area contributed by atoms with Crippen LogP contribution in [0.1, 0.15) is 23.6 Å². The van der Waals surface area contributed by atoms with Crippen molar-refractivity contribution in [1.29, 1.82) is 0 Å². The summed E-state index contributed by atoms with van der Waals surface area (Å²) >= 11 is 1.85. The molecule has 0 saturated heterocycles. The monoisotopic (exact) mass is 586 g/mol. The molecule has 0 fully saturated rings. The number of nitrogens with zero attached hydrogens (tertiary/aromatic N) is 4. The number of rotatable bonds is 9. The van der Waals surface area contributed by atoms with Crippen molar-refractivity contribution < 1.29 is 9.05 Å². The number of pyridine rings is 1. The molecule has 0 N–H and O–H groups in total. The highest BCUT2D eigenvalue weighted by Gasteiger charge is 2.28. The van der Waals surface area contributed by atoms with E-state index in [0.29, 0.717) is 0 Å². The van der Waals surface area contributed by atoms with Gasteiger partial charge >= 0.3 is 0 Å². The van der Waals surface area contributed by atoms with E-state index >= 15 is 0 Å². The van der Waals surface area contributed by atoms with Gasteiger partial charge in [0.2, 0.25) is 0 Å². The van der Waals surface area contributed by atoms with E-state index in [4.69, 9.17) is 0 Å². The van der Waals surface area contributed by atoms with Gasteiger partial charge in [-0.2, -0.15) is 4.57 Å². The fraction of sp³-hybridized carbons (Fsp3) is 0.237. The standard InChI is InChI=1S/C38H42N4S/c1-6-40(23-24-42(4,5)28-30-16-14-15-29(2)25-30)37-26-31(27-38-39(3)35-21-12-13-22-36(35)43-38)33-19-10-11-20-34(33)41(37)32-17-8-7-9-18-32/h7-22,25-27H,6,23-24,28H2,1-5H3/q+2. The molecule has 1 aromatic heterocycles. The van der Waals surface area contributed by atoms with E-state index in [1.807, 2.05) is 11.8 Å². The van der Waals surface area contributed by atoms with Gasteiger partial charge in [-0.15, -0.1) is 0 Å². The molecule has 0 aliphatic carbocycles. The fourth-order valence-electron chi connectivity index (χ4n) is 6.11. The first-order valence-corrected chi connectivity index (χ1v) is 16.0. The van der Waals surface area contributed by atoms with E-state index < -0.39 is 0 Å². The van der Waals surface area contributed by atoms with E-state index in [1.54, 1.807) is 0 Å². The average molecular weight is 587 g/mol. The zero-order chi connectivity index (χ0) is 30.0. The molecule has 0 saturated carbocycles. The van der Waals surface area contributed by atoms with Crippen LogP contribution in [0.5, 0.6) is 0 Å². The van der Waals surface area contributed by atoms with Gasteiger partial charge in [-0.25, -0.2) is 0 Å². The van der Waals surface area contributed by atoms with E-state index in [9.17, 15) is 0 Å². The number of likely N-dealkylation sites (N-methyl/N-ethyl adjacent to an activating group) is 2. The zero-order valence-corrected chi connectivity index (χ0v) is 26.8. The molecule has 1 aliphatic heterocycles. The third-order valence-corrected chi connectivity index (χ3v) is 9.57. The lowest BCUT2D eigenvalue weighted by Gasteiger charge is -2.31. The minimum Gasteiger partial charge on any atom is -0.338 e. The lowest BCUT2D eigenvalue weighted by Crippen LogP contribution is -2.48. The number of thioether (sulfide) groups is 1. The molecule has 43 heavy (non-hydrogen) atoms. The molecule has 4 aromatic carbocycles. The minimum atomic E-state index is 0.922. The van der Waals surface area contributed by atoms with Crippen LogP contribution in [0.3, 0.4) is 0 Å². The zero-order valence-electron chi connectivity index (χ0n) is 26.0. The Balaban J connectivity index is 1.42. The summed E-state index contributed by atoms with van der Waals surface area (Å²) in [6.07, 6.45) is 2.37. The van der Waals surface area contributed by atoms with E-state index in [2.05, 4.69) is 165 Å². The van der Waals surface area contributed by atoms with Crippen molar-refractivity contribution in [2.45, 2.75) is 25.3 Å². The van der Waals surface area contributed by atoms with E-state index in [1.165, 1.54) is 54.7 Å². The number of aryl methyl sites for hydroxylation is 1. The van der Waals surface area contributed by atoms with E-state index in [-0.39, 0.29) is 0 Å². The summed E-state index contributed by atoms with van der Waals surface area (Å²) in [6, 6.07) is 39.6. The number of para-hydroxylation sites is 3. The molecule has 0 amide bonds. The molecule has 0 spiro atoms. The van der Waals surface area contributed by atoms with Crippen LogP contribution in [0, 0.1) is 6.92 Å². The van der Waals surface area contributed by atoms with Crippen molar-refractivity contribution in [3.05, 3.63) is 131 Å². The van der Waals surface area contributed by atoms with Gasteiger partial charge in [0.15, 0.2) is 0 Å². The van der Waals surface area contributed by atoms with Crippen molar-refractivity contribution in [3.8, 4) is 5.69 Å². The summed E-state index contributed by atoms with van der Waals surface area (Å²) in [7, 11) is 6.87. The first kappa shape index (κ1) is 29.0. The lowest BCUT2D eigenvalue weighted by atomic mass is 10.1. The van der Waals surface area contributed by atoms with Crippen LogP contribution in [0.2, 0.25) is 0 Å². The average Bonchev–Trinajstić information content (AvgIpc) is 3.32. The Labute approximate surface area is 261 Å². The van der Waals surface area contributed by atoms with Gasteiger partial charge < -0.3 is 9.38 Å². The van der Waals surface area contributed by atoms with Crippen LogP contribution in [-0.4, -0.2) is 45.3 Å². The molecule has 5 heteroatoms. The third-order valence-electron chi connectivity index (χ3n) is 8.41. The van der Waals surface area contributed by atoms with Crippen LogP contribution < -0.4 is 14.4 Å². The van der Waals surface area contributed by atoms with Crippen LogP contribution in [0.25, 0.3) is 22.7 Å². The Morgan fingerprint density at radius 3 is 2.37 bits per heavy atom. The number of quaternary nitrogens is 1. The van der Waals surface area contributed by atoms with Crippen LogP contribution >= 0.6 is 11.8 Å². The Hall–Kier alpha value is -4.06. The highest BCUT2D eigenvalue weighted by atomic mass is 32.2. The molecule has 1 aliphatic rings. The molecule has 5 aromatic rings. The smallest absolute Gasteiger partial charge is 0.283 e. The van der Waals surface area contributed by atoms with Crippen molar-refractivity contribution in [3.63, 3.8) is 0 Å². The van der Waals surface area contributed by atoms with Gasteiger partial charge in [-0.05, 0) is 55.8 Å². The first-order chi connectivity index (χ1) is 20.8. The highest BCUT2D eigenvalue weighted by Crippen LogP contribution is 2.45. The summed E-state index contributed by atoms with van der Waals surface area (Å²) < 4.78 is 3.37. The van der Waals surface area contributed by atoms with Crippen molar-refractivity contribution >= 4 is 40.2 Å². The first-order valence-electron chi connectivity index (χ1n) is 15.2. The van der Waals surface area contributed by atoms with Crippen LogP contribution in [0.15, 0.2) is 119 Å². The fourth-order valence-corrected chi connectivity index (χ4v) is 7.21. The number of aromatic nitrogens is 1. The summed E-state index contributed by atoms with van der Waals surface area (Å²) in [5.41, 5.74) is 7.62. The number of anilines is 2. The molecular formula is C38H42N4S+2. The van der Waals surface area contributed by atoms with Gasteiger partial charge in [0.1, 0.15) is 30.8 Å². The van der Waals surface area contributed by atoms with Crippen molar-refractivity contribution in [2.24, 2.45) is 0 Å². The third kappa shape index (κ3) is 6.20. The van der Waals surface area contributed by atoms with Gasteiger partial charge in [0.25, 0.3) is 5.82 Å². The van der Waals surface area contributed by atoms with E-state index in [0.717, 1.165) is 30.7 Å². The Morgan fingerprint density at radius 1 is 0.860 bits per heavy atom. The number of benzene rings is 4. The highest BCUT2D eigenvalue weighted by molar-refractivity contribution is 8.03. The second-order valence-electron chi connectivity index (χ2n) is 12.1. The van der Waals surface area contributed by atoms with Gasteiger partial charge in [0.05, 0.1) is 31.4 Å². The second kappa shape index (κ2) is 12.3. The summed E-state index contributed by atoms with van der Waals surface area (Å²) in [5, 5.41) is 2.49. The number of hydrogen-bond donors (Lipinski definition) is 0. The summed E-state index contributed by atoms with van der Waals surface area (Å²) in [4.78, 5) is 6.17. The topological polar surface area (TPSA) is 10.4 Å².